The van der Waals surface area contributed by atoms with E-state index in [4.69, 9.17) is 112 Å². The number of hydrogen-bond acceptors (Lipinski definition) is 38. The maximum absolute atomic E-state index is 12.3. The van der Waals surface area contributed by atoms with E-state index in [-0.39, 0.29) is 117 Å². The first-order valence-corrected chi connectivity index (χ1v) is 54.5. The van der Waals surface area contributed by atoms with Gasteiger partial charge in [0.05, 0.1) is 56.5 Å². The van der Waals surface area contributed by atoms with E-state index in [9.17, 15) is 72.5 Å². The van der Waals surface area contributed by atoms with Crippen molar-refractivity contribution in [1.82, 2.24) is 36.6 Å². The zero-order chi connectivity index (χ0) is 113. The van der Waals surface area contributed by atoms with E-state index >= 15 is 0 Å². The summed E-state index contributed by atoms with van der Waals surface area (Å²) in [6.07, 6.45) is 11.5. The number of carboxylic acid groups (broad SMARTS) is 1. The minimum atomic E-state index is -1.22. The molecule has 4 aliphatic rings. The Bertz CT molecular complexity index is 3580. The molecule has 0 aromatic heterocycles. The molecule has 45 nitrogen and oxygen atoms in total. The molecule has 4 rings (SSSR count). The van der Waals surface area contributed by atoms with Crippen LogP contribution in [-0.4, -0.2) is 336 Å². The Morgan fingerprint density at radius 2 is 0.698 bits per heavy atom. The van der Waals surface area contributed by atoms with Gasteiger partial charge in [0, 0.05) is 184 Å². The Morgan fingerprint density at radius 3 is 1.01 bits per heavy atom. The lowest BCUT2D eigenvalue weighted by Gasteiger charge is -2.44. The van der Waals surface area contributed by atoms with Gasteiger partial charge < -0.3 is 148 Å². The molecule has 0 bridgehead atoms. The van der Waals surface area contributed by atoms with Crippen LogP contribution in [0.4, 0.5) is 0 Å². The van der Waals surface area contributed by atoms with Crippen LogP contribution >= 0.6 is 8.53 Å². The summed E-state index contributed by atoms with van der Waals surface area (Å²) in [4.78, 5) is 150. The van der Waals surface area contributed by atoms with Gasteiger partial charge in [-0.05, 0) is 124 Å². The maximum atomic E-state index is 12.3. The summed E-state index contributed by atoms with van der Waals surface area (Å²) in [7, 11) is 0.302. The Hall–Kier alpha value is -7.69. The third-order valence-corrected chi connectivity index (χ3v) is 25.3. The molecule has 6 amide bonds. The Labute approximate surface area is 886 Å². The molecule has 4 saturated heterocycles. The number of esters is 6. The first-order chi connectivity index (χ1) is 71.0. The van der Waals surface area contributed by atoms with Gasteiger partial charge in [-0.2, -0.15) is 5.26 Å². The Kier molecular flexibility index (Phi) is 89.5. The number of nitrogens with one attached hydrogen (secondary N) is 6. The summed E-state index contributed by atoms with van der Waals surface area (Å²) in [5.41, 5.74) is 5.25. The van der Waals surface area contributed by atoms with Crippen molar-refractivity contribution < 1.29 is 173 Å². The van der Waals surface area contributed by atoms with Crippen LogP contribution < -0.4 is 37.6 Å². The molecular weight excluding hydrogens is 1970 g/mol. The predicted octanol–water partition coefficient (Wildman–Crippen LogP) is 9.40. The van der Waals surface area contributed by atoms with Gasteiger partial charge in [-0.1, -0.05) is 120 Å². The fourth-order valence-corrected chi connectivity index (χ4v) is 17.4. The van der Waals surface area contributed by atoms with Crippen molar-refractivity contribution in [2.75, 3.05) is 113 Å². The van der Waals surface area contributed by atoms with Gasteiger partial charge in [0.25, 0.3) is 8.53 Å². The second-order valence-electron chi connectivity index (χ2n) is 36.8. The van der Waals surface area contributed by atoms with E-state index in [1.165, 1.54) is 69.4 Å². The largest absolute Gasteiger partial charge is 0.481 e. The normalized spacial score (nSPS) is 23.2. The highest BCUT2D eigenvalue weighted by Crippen LogP contribution is 2.46. The quantitative estimate of drug-likeness (QED) is 0.00886. The van der Waals surface area contributed by atoms with Gasteiger partial charge >= 0.3 is 41.8 Å². The van der Waals surface area contributed by atoms with E-state index in [2.05, 4.69) is 70.3 Å². The van der Waals surface area contributed by atoms with Crippen LogP contribution in [0.5, 0.6) is 0 Å². The molecule has 21 atom stereocenters. The lowest BCUT2D eigenvalue weighted by molar-refractivity contribution is -0.282. The molecule has 0 aromatic rings. The molecule has 0 aromatic carbocycles. The number of aliphatic hydroxyl groups is 5. The van der Waals surface area contributed by atoms with Crippen LogP contribution in [-0.2, 0) is 142 Å². The van der Waals surface area contributed by atoms with Crippen molar-refractivity contribution in [2.24, 2.45) is 29.4 Å². The number of aliphatic carboxylic acids is 1. The second kappa shape index (κ2) is 91.7. The van der Waals surface area contributed by atoms with E-state index < -0.39 is 149 Å². The first kappa shape index (κ1) is 145. The zero-order valence-electron chi connectivity index (χ0n) is 93.4. The lowest BCUT2D eigenvalue weighted by atomic mass is 9.88. The van der Waals surface area contributed by atoms with Gasteiger partial charge in [-0.3, -0.25) is 62.3 Å². The molecule has 4 heterocycles. The number of unbranched alkanes of at least 4 members (excludes halogenated alkanes) is 17. The summed E-state index contributed by atoms with van der Waals surface area (Å²) >= 11 is 0. The Balaban J connectivity index is -0.00000189. The van der Waals surface area contributed by atoms with Crippen LogP contribution in [0.1, 0.15) is 332 Å². The molecule has 870 valence electrons. The third kappa shape index (κ3) is 71.1. The number of ether oxygens (including phenoxy) is 15. The minimum Gasteiger partial charge on any atom is -0.481 e. The van der Waals surface area contributed by atoms with Crippen molar-refractivity contribution in [1.29, 1.82) is 5.26 Å². The third-order valence-electron chi connectivity index (χ3n) is 23.2. The fraction of sp³-hybridized carbons (Fsp3) is 0.864. The number of methoxy groups -OCH3 is 1. The Morgan fingerprint density at radius 1 is 0.389 bits per heavy atom. The van der Waals surface area contributed by atoms with Crippen LogP contribution in [0.15, 0.2) is 0 Å². The number of amides is 6. The summed E-state index contributed by atoms with van der Waals surface area (Å²) in [6, 6.07) is 0.928. The van der Waals surface area contributed by atoms with Crippen molar-refractivity contribution >= 4 is 85.8 Å². The number of nitrogens with zero attached hydrogens (tertiary/aromatic N) is 2. The molecule has 18 unspecified atom stereocenters. The molecular formula is C103H192N9O36P. The summed E-state index contributed by atoms with van der Waals surface area (Å²) in [5.74, 6) is -6.17. The number of carbonyl (C=O) groups excluding carboxylic acids is 12. The lowest BCUT2D eigenvalue weighted by Crippen LogP contribution is -2.62. The van der Waals surface area contributed by atoms with Crippen molar-refractivity contribution in [3.63, 3.8) is 0 Å². The smallest absolute Gasteiger partial charge is 0.303 e. The molecule has 14 N–H and O–H groups in total. The SMILES string of the molecule is CC.CC.CC(=O)NC1C(OCCCCCC(=O)NCCCCCCO)OC(COC(C)=O)C(OC(C)=O)C1C.CC(=O)NC1C(OCCCCCC(=O)NCCCCCCOP(OCCC#N)N(C(C)C)C(C)C)OC(COC(C)=O)C(OC(C)=O)C1C.CC(=O)NC1C(OCCCCCC(=O)O)OC(COC(C)=O)C(OC(C)=O)C1C.COCNC(=O)CCCCCO[C@@H]1OC(CO)[C@H](O)[C@H](O)C1C.NCCCCCCO. The number of aliphatic hydroxyl groups excluding tert-OH is 5. The standard InChI is InChI=1S/C34H61N4O10P.C25H44N2O9.C19H31NO9.C15H29NO7.C6H15NO.2C2H6/c1-24(2)38(25(3)4)49(46-22-16-18-35)45-21-15-10-9-13-19-36-31(42)17-12-11-14-20-43-34-32(37-27(6)39)26(5)33(47-29(8)41)30(48-34)23-44-28(7)40;1-17-23(27-18(2)29)25(36-21(16-34-19(3)30)24(17)35-20(4)31)33-15-11-7-8-12-22(32)26-13-9-5-6-10-14-28;1-11-17(20-12(2)21)19(26-9-7-5-6-8-16(24)25)29-15(10-27-13(3)22)18(11)28-14(4)23;1-10-13(19)14(20)11(8-17)23-15(10)22-7-5-3-4-6-12(18)16-9-21-2;7-5-3-1-2-4-6-8;2*1-2/h24-26,30,32-34H,9-17,19-23H2,1-8H3,(H,36,42)(H,37,39);17,21,23-25,28H,5-16H2,1-4H3,(H,26,32)(H,27,29);11,15,17-19H,5-10H2,1-4H3,(H,20,21)(H,24,25);10-11,13-15,17,19-20H,3-9H2,1-2H3,(H,16,18);8H,1-7H2;2*1-2H3/t;;;10?,11?,13-,14+,15-;;;/m...1.../s1. The second-order valence-corrected chi connectivity index (χ2v) is 38.2. The average molecular weight is 2160 g/mol. The molecule has 4 aliphatic heterocycles. The molecule has 149 heavy (non-hydrogen) atoms. The number of carbonyl (C=O) groups is 13. The summed E-state index contributed by atoms with van der Waals surface area (Å²) in [5, 5.41) is 80.3. The molecule has 0 aliphatic carbocycles. The van der Waals surface area contributed by atoms with Crippen LogP contribution in [0.25, 0.3) is 0 Å². The molecule has 4 fully saturated rings. The highest BCUT2D eigenvalue weighted by atomic mass is 31.2. The summed E-state index contributed by atoms with van der Waals surface area (Å²) in [6.45, 7) is 39.9. The molecule has 0 radical (unpaired) electrons. The molecule has 46 heteroatoms. The molecule has 0 spiro atoms. The van der Waals surface area contributed by atoms with E-state index in [0.717, 1.165) is 122 Å². The van der Waals surface area contributed by atoms with Gasteiger partial charge in [0.2, 0.25) is 35.4 Å². The van der Waals surface area contributed by atoms with Crippen LogP contribution in [0.3, 0.4) is 0 Å². The first-order valence-electron chi connectivity index (χ1n) is 53.4. The number of nitrogens with two attached hydrogens (primary N) is 1. The minimum absolute atomic E-state index is 0.0202. The maximum Gasteiger partial charge on any atom is 0.303 e. The van der Waals surface area contributed by atoms with Gasteiger partial charge in [0.1, 0.15) is 75.4 Å². The zero-order valence-corrected chi connectivity index (χ0v) is 94.3. The van der Waals surface area contributed by atoms with E-state index in [1.807, 2.05) is 41.5 Å². The van der Waals surface area contributed by atoms with Gasteiger partial charge in [0.15, 0.2) is 25.2 Å². The highest BCUT2D eigenvalue weighted by Gasteiger charge is 2.51. The number of carboxylic acids is 1. The van der Waals surface area contributed by atoms with Crippen molar-refractivity contribution in [2.45, 2.75) is 442 Å². The van der Waals surface area contributed by atoms with Crippen molar-refractivity contribution in [3.05, 3.63) is 0 Å². The van der Waals surface area contributed by atoms with E-state index in [1.54, 1.807) is 13.8 Å². The number of nitriles is 1. The topological polar surface area (TPSA) is 625 Å². The predicted molar refractivity (Wildman–Crippen MR) is 554 cm³/mol. The average Bonchev–Trinajstić information content (AvgIpc) is 0.799. The molecule has 0 saturated carbocycles. The van der Waals surface area contributed by atoms with Crippen molar-refractivity contribution in [3.8, 4) is 6.07 Å². The summed E-state index contributed by atoms with van der Waals surface area (Å²) < 4.78 is 97.2. The van der Waals surface area contributed by atoms with Crippen LogP contribution in [0.2, 0.25) is 0 Å². The number of rotatable bonds is 68. The van der Waals surface area contributed by atoms with Gasteiger partial charge in [-0.15, -0.1) is 0 Å². The van der Waals surface area contributed by atoms with E-state index in [0.29, 0.717) is 124 Å². The number of hydrogen-bond donors (Lipinski definition) is 13. The highest BCUT2D eigenvalue weighted by molar-refractivity contribution is 7.44. The monoisotopic (exact) mass is 2160 g/mol. The fourth-order valence-electron chi connectivity index (χ4n) is 15.8. The van der Waals surface area contributed by atoms with Gasteiger partial charge in [-0.25, -0.2) is 4.67 Å². The van der Waals surface area contributed by atoms with Crippen LogP contribution in [0, 0.1) is 35.0 Å².